The quantitative estimate of drug-likeness (QED) is 0.352. The van der Waals surface area contributed by atoms with Crippen LogP contribution in [-0.4, -0.2) is 63.8 Å². The van der Waals surface area contributed by atoms with Crippen LogP contribution in [0.5, 0.6) is 0 Å². The Labute approximate surface area is 232 Å². The molecule has 1 fully saturated rings. The third-order valence-electron chi connectivity index (χ3n) is 7.74. The molecule has 0 saturated carbocycles. The maximum absolute atomic E-state index is 13.8. The average Bonchev–Trinajstić information content (AvgIpc) is 3.68. The van der Waals surface area contributed by atoms with E-state index >= 15 is 0 Å². The highest BCUT2D eigenvalue weighted by Gasteiger charge is 2.26. The highest BCUT2D eigenvalue weighted by molar-refractivity contribution is 6.09. The van der Waals surface area contributed by atoms with Gasteiger partial charge in [0.2, 0.25) is 0 Å². The Balaban J connectivity index is 1.26. The minimum atomic E-state index is -0.275. The van der Waals surface area contributed by atoms with Crippen molar-refractivity contribution in [3.63, 3.8) is 0 Å². The number of amides is 1. The molecule has 0 radical (unpaired) electrons. The largest absolute Gasteiger partial charge is 0.463 e. The molecule has 0 bridgehead atoms. The molecule has 200 valence electrons. The summed E-state index contributed by atoms with van der Waals surface area (Å²) in [6.07, 6.45) is 6.86. The van der Waals surface area contributed by atoms with Crippen LogP contribution in [0.25, 0.3) is 28.7 Å². The molecule has 7 rings (SSSR count). The van der Waals surface area contributed by atoms with Gasteiger partial charge < -0.3 is 19.5 Å². The second-order valence-corrected chi connectivity index (χ2v) is 10.3. The molecule has 0 spiro atoms. The number of para-hydroxylation sites is 2. The maximum Gasteiger partial charge on any atom is 0.259 e. The molecule has 2 aromatic carbocycles. The zero-order chi connectivity index (χ0) is 27.1. The molecule has 9 heteroatoms. The van der Waals surface area contributed by atoms with Crippen molar-refractivity contribution in [2.24, 2.45) is 0 Å². The average molecular weight is 532 g/mol. The zero-order valence-electron chi connectivity index (χ0n) is 22.2. The lowest BCUT2D eigenvalue weighted by Crippen LogP contribution is -2.44. The highest BCUT2D eigenvalue weighted by Crippen LogP contribution is 2.34. The summed E-state index contributed by atoms with van der Waals surface area (Å²) in [5, 5.41) is 7.72. The fourth-order valence-corrected chi connectivity index (χ4v) is 5.56. The third kappa shape index (κ3) is 4.34. The van der Waals surface area contributed by atoms with Crippen LogP contribution in [0.1, 0.15) is 21.5 Å². The minimum Gasteiger partial charge on any atom is -0.463 e. The van der Waals surface area contributed by atoms with Gasteiger partial charge in [-0.25, -0.2) is 9.97 Å². The predicted molar refractivity (Wildman–Crippen MR) is 154 cm³/mol. The number of furan rings is 1. The number of rotatable bonds is 5. The molecular formula is C31H29N7O2. The smallest absolute Gasteiger partial charge is 0.259 e. The van der Waals surface area contributed by atoms with Crippen molar-refractivity contribution in [2.75, 3.05) is 43.4 Å². The van der Waals surface area contributed by atoms with Crippen molar-refractivity contribution in [1.82, 2.24) is 24.6 Å². The summed E-state index contributed by atoms with van der Waals surface area (Å²) in [6.45, 7) is 3.75. The van der Waals surface area contributed by atoms with Gasteiger partial charge in [0.25, 0.3) is 11.9 Å². The summed E-state index contributed by atoms with van der Waals surface area (Å²) >= 11 is 0. The Morgan fingerprint density at radius 3 is 2.55 bits per heavy atom. The number of carbonyl (C=O) groups is 1. The van der Waals surface area contributed by atoms with Gasteiger partial charge in [-0.3, -0.25) is 4.79 Å². The van der Waals surface area contributed by atoms with Gasteiger partial charge >= 0.3 is 0 Å². The summed E-state index contributed by atoms with van der Waals surface area (Å²) in [4.78, 5) is 28.0. The number of aryl methyl sites for hydroxylation is 2. The Morgan fingerprint density at radius 2 is 1.70 bits per heavy atom. The van der Waals surface area contributed by atoms with Crippen LogP contribution in [0, 0.1) is 0 Å². The number of fused-ring (bicyclic) bond motifs is 3. The van der Waals surface area contributed by atoms with Crippen molar-refractivity contribution in [2.45, 2.75) is 12.8 Å². The van der Waals surface area contributed by atoms with Crippen LogP contribution in [0.4, 0.5) is 11.4 Å². The van der Waals surface area contributed by atoms with Crippen molar-refractivity contribution < 1.29 is 9.21 Å². The number of carbonyl (C=O) groups excluding carboxylic acids is 1. The van der Waals surface area contributed by atoms with Crippen molar-refractivity contribution >= 4 is 17.3 Å². The van der Waals surface area contributed by atoms with Gasteiger partial charge in [-0.2, -0.15) is 9.78 Å². The Kier molecular flexibility index (Phi) is 6.13. The minimum absolute atomic E-state index is 0.275. The standard InChI is InChI=1S/C31H29N7O2/c1-36-14-16-37(17-15-36)26-10-5-4-9-25(26)34-30(39)24-20-33-38(29(24)27-11-6-18-40-27)31-32-19-22-13-12-21-7-2-3-8-23(21)28(22)35-31/h2-11,18-20H,12-17H2,1H3,(H,34,39). The molecule has 40 heavy (non-hydrogen) atoms. The zero-order valence-corrected chi connectivity index (χ0v) is 22.2. The first-order chi connectivity index (χ1) is 19.7. The Bertz CT molecular complexity index is 1680. The van der Waals surface area contributed by atoms with E-state index in [9.17, 15) is 4.79 Å². The first kappa shape index (κ1) is 24.3. The van der Waals surface area contributed by atoms with Gasteiger partial charge in [-0.15, -0.1) is 0 Å². The van der Waals surface area contributed by atoms with Crippen molar-refractivity contribution in [3.05, 3.63) is 96.0 Å². The number of benzene rings is 2. The van der Waals surface area contributed by atoms with Gasteiger partial charge in [0.05, 0.1) is 35.1 Å². The van der Waals surface area contributed by atoms with E-state index in [2.05, 4.69) is 56.5 Å². The van der Waals surface area contributed by atoms with Crippen LogP contribution in [0.15, 0.2) is 83.7 Å². The SMILES string of the molecule is CN1CCN(c2ccccc2NC(=O)c2cnn(-c3ncc4c(n3)-c3ccccc3CC4)c2-c2ccco2)CC1. The van der Waals surface area contributed by atoms with Crippen LogP contribution in [0.3, 0.4) is 0 Å². The molecule has 3 aromatic heterocycles. The number of likely N-dealkylation sites (N-methyl/N-ethyl adjacent to an activating group) is 1. The molecule has 0 atom stereocenters. The van der Waals surface area contributed by atoms with E-state index in [1.165, 1.54) is 5.56 Å². The van der Waals surface area contributed by atoms with E-state index in [1.54, 1.807) is 23.2 Å². The Hall–Kier alpha value is -4.76. The molecule has 1 saturated heterocycles. The summed E-state index contributed by atoms with van der Waals surface area (Å²) in [6, 6.07) is 19.9. The van der Waals surface area contributed by atoms with E-state index in [0.29, 0.717) is 23.0 Å². The normalized spacial score (nSPS) is 15.0. The van der Waals surface area contributed by atoms with Gasteiger partial charge in [-0.05, 0) is 55.3 Å². The molecule has 5 aromatic rings. The summed E-state index contributed by atoms with van der Waals surface area (Å²) in [5.41, 5.74) is 7.04. The van der Waals surface area contributed by atoms with Crippen LogP contribution < -0.4 is 10.2 Å². The topological polar surface area (TPSA) is 92.3 Å². The summed E-state index contributed by atoms with van der Waals surface area (Å²) < 4.78 is 7.36. The van der Waals surface area contributed by atoms with Gasteiger partial charge in [0.15, 0.2) is 5.76 Å². The number of hydrogen-bond donors (Lipinski definition) is 1. The molecule has 2 aliphatic rings. The van der Waals surface area contributed by atoms with Gasteiger partial charge in [0, 0.05) is 37.9 Å². The molecule has 1 aliphatic heterocycles. The van der Waals surface area contributed by atoms with Crippen LogP contribution >= 0.6 is 0 Å². The number of aromatic nitrogens is 4. The Morgan fingerprint density at radius 1 is 0.900 bits per heavy atom. The van der Waals surface area contributed by atoms with E-state index in [4.69, 9.17) is 9.40 Å². The fourth-order valence-electron chi connectivity index (χ4n) is 5.56. The number of anilines is 2. The van der Waals surface area contributed by atoms with Crippen LogP contribution in [0.2, 0.25) is 0 Å². The summed E-state index contributed by atoms with van der Waals surface area (Å²) in [5.74, 6) is 0.623. The summed E-state index contributed by atoms with van der Waals surface area (Å²) in [7, 11) is 2.13. The maximum atomic E-state index is 13.8. The molecule has 0 unspecified atom stereocenters. The molecule has 1 aliphatic carbocycles. The fraction of sp³-hybridized carbons (Fsp3) is 0.226. The number of nitrogens with one attached hydrogen (secondary N) is 1. The first-order valence-corrected chi connectivity index (χ1v) is 13.6. The highest BCUT2D eigenvalue weighted by atomic mass is 16.3. The van der Waals surface area contributed by atoms with E-state index in [0.717, 1.165) is 67.2 Å². The molecule has 1 N–H and O–H groups in total. The second-order valence-electron chi connectivity index (χ2n) is 10.3. The number of piperazine rings is 1. The lowest BCUT2D eigenvalue weighted by atomic mass is 9.90. The monoisotopic (exact) mass is 531 g/mol. The second kappa shape index (κ2) is 10.1. The first-order valence-electron chi connectivity index (χ1n) is 13.6. The molecule has 1 amide bonds. The van der Waals surface area contributed by atoms with E-state index in [1.807, 2.05) is 36.5 Å². The van der Waals surface area contributed by atoms with Crippen molar-refractivity contribution in [1.29, 1.82) is 0 Å². The lowest BCUT2D eigenvalue weighted by molar-refractivity contribution is 0.102. The molecule has 4 heterocycles. The third-order valence-corrected chi connectivity index (χ3v) is 7.74. The number of hydrogen-bond acceptors (Lipinski definition) is 7. The molecular weight excluding hydrogens is 502 g/mol. The predicted octanol–water partition coefficient (Wildman–Crippen LogP) is 4.69. The molecule has 9 nitrogen and oxygen atoms in total. The van der Waals surface area contributed by atoms with Crippen molar-refractivity contribution in [3.8, 4) is 28.7 Å². The van der Waals surface area contributed by atoms with Gasteiger partial charge in [0.1, 0.15) is 5.69 Å². The van der Waals surface area contributed by atoms with Gasteiger partial charge in [-0.1, -0.05) is 36.4 Å². The van der Waals surface area contributed by atoms with E-state index < -0.39 is 0 Å². The number of nitrogens with zero attached hydrogens (tertiary/aromatic N) is 6. The van der Waals surface area contributed by atoms with E-state index in [-0.39, 0.29) is 5.91 Å². The van der Waals surface area contributed by atoms with Crippen LogP contribution in [-0.2, 0) is 12.8 Å². The lowest BCUT2D eigenvalue weighted by Gasteiger charge is -2.35.